The highest BCUT2D eigenvalue weighted by molar-refractivity contribution is 5.83. The zero-order valence-electron chi connectivity index (χ0n) is 17.8. The minimum Gasteiger partial charge on any atom is -0.446 e. The van der Waals surface area contributed by atoms with Crippen LogP contribution in [0.4, 0.5) is 10.6 Å². The second kappa shape index (κ2) is 7.70. The number of amides is 2. The number of likely N-dealkylation sites (tertiary alicyclic amines) is 1. The van der Waals surface area contributed by atoms with E-state index in [0.717, 1.165) is 38.5 Å². The van der Waals surface area contributed by atoms with Crippen LogP contribution in [0.1, 0.15) is 44.1 Å². The number of hydrogen-bond donors (Lipinski definition) is 2. The molecule has 164 valence electrons. The van der Waals surface area contributed by atoms with Crippen LogP contribution in [0.3, 0.4) is 0 Å². The summed E-state index contributed by atoms with van der Waals surface area (Å²) in [6.45, 7) is 1.23. The summed E-state index contributed by atoms with van der Waals surface area (Å²) in [6.07, 6.45) is 6.89. The summed E-state index contributed by atoms with van der Waals surface area (Å²) in [5.41, 5.74) is 0.279. The van der Waals surface area contributed by atoms with Gasteiger partial charge in [-0.1, -0.05) is 0 Å². The number of aromatic nitrogens is 1. The van der Waals surface area contributed by atoms with Gasteiger partial charge in [-0.25, -0.2) is 9.78 Å². The average Bonchev–Trinajstić information content (AvgIpc) is 3.24. The summed E-state index contributed by atoms with van der Waals surface area (Å²) in [5, 5.41) is 15.1. The van der Waals surface area contributed by atoms with E-state index in [2.05, 4.69) is 21.7 Å². The first-order chi connectivity index (χ1) is 15.0. The Labute approximate surface area is 182 Å². The minimum absolute atomic E-state index is 0.0611. The van der Waals surface area contributed by atoms with Crippen LogP contribution in [0.25, 0.3) is 0 Å². The summed E-state index contributed by atoms with van der Waals surface area (Å²) in [5.74, 6) is 2.06. The van der Waals surface area contributed by atoms with Gasteiger partial charge in [0.25, 0.3) is 0 Å². The summed E-state index contributed by atoms with van der Waals surface area (Å²) in [6, 6.07) is 5.69. The van der Waals surface area contributed by atoms with Crippen LogP contribution < -0.4 is 10.6 Å². The number of nitrogens with zero attached hydrogens (tertiary/aromatic N) is 3. The molecule has 8 heteroatoms. The minimum atomic E-state index is -0.245. The molecule has 31 heavy (non-hydrogen) atoms. The number of hydrogen-bond acceptors (Lipinski definition) is 6. The van der Waals surface area contributed by atoms with E-state index in [9.17, 15) is 9.59 Å². The van der Waals surface area contributed by atoms with Crippen molar-refractivity contribution in [1.82, 2.24) is 15.2 Å². The number of pyridine rings is 1. The molecular weight excluding hydrogens is 394 g/mol. The van der Waals surface area contributed by atoms with E-state index < -0.39 is 0 Å². The lowest BCUT2D eigenvalue weighted by Crippen LogP contribution is -2.59. The molecule has 2 N–H and O–H groups in total. The molecular formula is C23H29N5O3. The fourth-order valence-corrected chi connectivity index (χ4v) is 6.70. The number of rotatable bonds is 4. The first kappa shape index (κ1) is 20.1. The van der Waals surface area contributed by atoms with Crippen LogP contribution in [0, 0.1) is 34.5 Å². The highest BCUT2D eigenvalue weighted by Crippen LogP contribution is 2.60. The Balaban J connectivity index is 1.18. The van der Waals surface area contributed by atoms with Crippen molar-refractivity contribution in [2.24, 2.45) is 23.2 Å². The molecule has 0 spiro atoms. The Morgan fingerprint density at radius 1 is 1.26 bits per heavy atom. The maximum Gasteiger partial charge on any atom is 0.410 e. The summed E-state index contributed by atoms with van der Waals surface area (Å²) in [4.78, 5) is 31.5. The predicted molar refractivity (Wildman–Crippen MR) is 113 cm³/mol. The fourth-order valence-electron chi connectivity index (χ4n) is 6.70. The van der Waals surface area contributed by atoms with Gasteiger partial charge < -0.3 is 20.3 Å². The van der Waals surface area contributed by atoms with E-state index in [1.54, 1.807) is 30.3 Å². The molecule has 4 bridgehead atoms. The molecule has 0 aromatic carbocycles. The van der Waals surface area contributed by atoms with Gasteiger partial charge in [0.15, 0.2) is 0 Å². The Hall–Kier alpha value is -2.82. The van der Waals surface area contributed by atoms with Gasteiger partial charge in [-0.2, -0.15) is 5.26 Å². The average molecular weight is 424 g/mol. The van der Waals surface area contributed by atoms with E-state index in [1.807, 2.05) is 0 Å². The molecule has 0 radical (unpaired) electrons. The summed E-state index contributed by atoms with van der Waals surface area (Å²) < 4.78 is 6.07. The highest BCUT2D eigenvalue weighted by Gasteiger charge is 2.59. The third-order valence-electron chi connectivity index (χ3n) is 7.82. The van der Waals surface area contributed by atoms with Gasteiger partial charge in [0, 0.05) is 32.4 Å². The first-order valence-electron chi connectivity index (χ1n) is 11.3. The maximum absolute atomic E-state index is 12.9. The van der Waals surface area contributed by atoms with Gasteiger partial charge in [0.05, 0.1) is 11.0 Å². The lowest BCUT2D eigenvalue weighted by Gasteiger charge is -2.58. The van der Waals surface area contributed by atoms with E-state index in [-0.39, 0.29) is 29.6 Å². The molecule has 1 saturated heterocycles. The van der Waals surface area contributed by atoms with Crippen molar-refractivity contribution < 1.29 is 14.3 Å². The lowest BCUT2D eigenvalue weighted by atomic mass is 9.48. The Morgan fingerprint density at radius 3 is 2.68 bits per heavy atom. The van der Waals surface area contributed by atoms with Crippen molar-refractivity contribution in [3.8, 4) is 6.07 Å². The first-order valence-corrected chi connectivity index (χ1v) is 11.3. The van der Waals surface area contributed by atoms with Gasteiger partial charge in [0.2, 0.25) is 5.91 Å². The van der Waals surface area contributed by atoms with Crippen molar-refractivity contribution in [3.63, 3.8) is 0 Å². The van der Waals surface area contributed by atoms with Gasteiger partial charge in [-0.15, -0.1) is 0 Å². The van der Waals surface area contributed by atoms with Crippen molar-refractivity contribution in [2.45, 2.75) is 50.7 Å². The zero-order chi connectivity index (χ0) is 21.6. The number of anilines is 1. The number of nitriles is 1. The Bertz CT molecular complexity index is 895. The molecule has 1 unspecified atom stereocenters. The fraction of sp³-hybridized carbons (Fsp3) is 0.652. The van der Waals surface area contributed by atoms with Crippen LogP contribution in [-0.4, -0.2) is 54.2 Å². The molecule has 4 aliphatic carbocycles. The molecule has 3 atom stereocenters. The molecule has 8 nitrogen and oxygen atoms in total. The van der Waals surface area contributed by atoms with Crippen molar-refractivity contribution in [2.75, 3.05) is 25.5 Å². The van der Waals surface area contributed by atoms with Gasteiger partial charge in [0.1, 0.15) is 18.0 Å². The van der Waals surface area contributed by atoms with Gasteiger partial charge in [-0.05, 0) is 68.4 Å². The van der Waals surface area contributed by atoms with Gasteiger partial charge >= 0.3 is 6.09 Å². The molecule has 2 heterocycles. The van der Waals surface area contributed by atoms with Crippen LogP contribution >= 0.6 is 0 Å². The monoisotopic (exact) mass is 423 g/mol. The summed E-state index contributed by atoms with van der Waals surface area (Å²) in [7, 11) is 1.73. The quantitative estimate of drug-likeness (QED) is 0.771. The maximum atomic E-state index is 12.9. The van der Waals surface area contributed by atoms with Crippen molar-refractivity contribution in [3.05, 3.63) is 23.9 Å². The summed E-state index contributed by atoms with van der Waals surface area (Å²) >= 11 is 0. The van der Waals surface area contributed by atoms with E-state index in [4.69, 9.17) is 10.00 Å². The second-order valence-electron chi connectivity index (χ2n) is 9.80. The molecule has 1 aliphatic heterocycles. The molecule has 1 aromatic rings. The van der Waals surface area contributed by atoms with Crippen LogP contribution in [0.5, 0.6) is 0 Å². The standard InChI is InChI=1S/C23H29N5O3/c1-25-21(29)23-8-15-6-16(9-23)20(17(7-15)10-23)31-22(30)28-5-4-18(13-28)27-19-3-2-14(11-24)12-26-19/h2-3,12,15-18,20H,4-10,13H2,1H3,(H,25,29)(H,26,27)/t15?,16-,17-,18?,20?,23?/m1/s1. The topological polar surface area (TPSA) is 107 Å². The molecule has 4 saturated carbocycles. The largest absolute Gasteiger partial charge is 0.446 e. The molecule has 2 amide bonds. The smallest absolute Gasteiger partial charge is 0.410 e. The third-order valence-corrected chi connectivity index (χ3v) is 7.82. The molecule has 6 rings (SSSR count). The van der Waals surface area contributed by atoms with Crippen LogP contribution in [0.2, 0.25) is 0 Å². The van der Waals surface area contributed by atoms with E-state index in [1.165, 1.54) is 0 Å². The molecule has 5 aliphatic rings. The third kappa shape index (κ3) is 3.60. The normalized spacial score (nSPS) is 35.5. The Morgan fingerprint density at radius 2 is 2.03 bits per heavy atom. The SMILES string of the molecule is CNC(=O)C12CC3C[C@H](C1)C(OC(=O)N1CCC(Nc4ccc(C#N)cn4)C1)[C@H](C3)C2. The number of ether oxygens (including phenoxy) is 1. The van der Waals surface area contributed by atoms with Crippen LogP contribution in [0.15, 0.2) is 18.3 Å². The number of carbonyl (C=O) groups is 2. The zero-order valence-corrected chi connectivity index (χ0v) is 17.8. The van der Waals surface area contributed by atoms with Crippen molar-refractivity contribution in [1.29, 1.82) is 5.26 Å². The Kier molecular flexibility index (Phi) is 4.99. The van der Waals surface area contributed by atoms with Crippen LogP contribution in [-0.2, 0) is 9.53 Å². The predicted octanol–water partition coefficient (Wildman–Crippen LogP) is 2.52. The van der Waals surface area contributed by atoms with Crippen molar-refractivity contribution >= 4 is 17.8 Å². The molecule has 5 fully saturated rings. The lowest BCUT2D eigenvalue weighted by molar-refractivity contribution is -0.164. The highest BCUT2D eigenvalue weighted by atomic mass is 16.6. The number of carbonyl (C=O) groups excluding carboxylic acids is 2. The number of nitrogens with one attached hydrogen (secondary N) is 2. The van der Waals surface area contributed by atoms with E-state index in [0.29, 0.717) is 42.2 Å². The van der Waals surface area contributed by atoms with Gasteiger partial charge in [-0.3, -0.25) is 4.79 Å². The molecule has 1 aromatic heterocycles. The second-order valence-corrected chi connectivity index (χ2v) is 9.80. The van der Waals surface area contributed by atoms with E-state index >= 15 is 0 Å².